The zero-order valence-corrected chi connectivity index (χ0v) is 14.5. The number of hydrogen-bond acceptors (Lipinski definition) is 4. The molecule has 1 aromatic rings. The molecule has 2 atom stereocenters. The topological polar surface area (TPSA) is 85.2 Å². The van der Waals surface area contributed by atoms with Crippen LogP contribution in [0.2, 0.25) is 0 Å². The van der Waals surface area contributed by atoms with E-state index in [2.05, 4.69) is 29.4 Å². The highest BCUT2D eigenvalue weighted by Gasteiger charge is 2.22. The second kappa shape index (κ2) is 8.58. The molecular formula is C18H23FN4O2. The van der Waals surface area contributed by atoms with Gasteiger partial charge in [-0.2, -0.15) is 5.26 Å². The van der Waals surface area contributed by atoms with Crippen LogP contribution in [-0.2, 0) is 9.59 Å². The zero-order chi connectivity index (χ0) is 18.4. The summed E-state index contributed by atoms with van der Waals surface area (Å²) in [5, 5.41) is 13.7. The summed E-state index contributed by atoms with van der Waals surface area (Å²) in [5.41, 5.74) is 0.0170. The molecule has 0 saturated carbocycles. The Kier molecular flexibility index (Phi) is 6.48. The van der Waals surface area contributed by atoms with Gasteiger partial charge in [-0.05, 0) is 36.5 Å². The van der Waals surface area contributed by atoms with Gasteiger partial charge in [0.25, 0.3) is 0 Å². The summed E-state index contributed by atoms with van der Waals surface area (Å²) in [7, 11) is 0. The minimum Gasteiger partial charge on any atom is -0.347 e. The number of rotatable bonds is 4. The maximum absolute atomic E-state index is 13.2. The molecule has 0 aliphatic carbocycles. The Balaban J connectivity index is 1.79. The van der Waals surface area contributed by atoms with E-state index in [1.54, 1.807) is 6.07 Å². The van der Waals surface area contributed by atoms with E-state index in [-0.39, 0.29) is 11.3 Å². The number of carbonyl (C=O) groups is 2. The number of hydrogen-bond donors (Lipinski definition) is 2. The van der Waals surface area contributed by atoms with Gasteiger partial charge < -0.3 is 15.5 Å². The largest absolute Gasteiger partial charge is 0.347 e. The number of nitrogens with one attached hydrogen (secondary N) is 2. The molecule has 0 aromatic heterocycles. The van der Waals surface area contributed by atoms with Gasteiger partial charge in [0.2, 0.25) is 0 Å². The van der Waals surface area contributed by atoms with Gasteiger partial charge in [-0.3, -0.25) is 9.59 Å². The van der Waals surface area contributed by atoms with E-state index in [4.69, 9.17) is 5.26 Å². The van der Waals surface area contributed by atoms with Gasteiger partial charge in [-0.15, -0.1) is 0 Å². The number of amides is 2. The minimum absolute atomic E-state index is 0.188. The average molecular weight is 346 g/mol. The van der Waals surface area contributed by atoms with Gasteiger partial charge in [-0.1, -0.05) is 13.8 Å². The lowest BCUT2D eigenvalue weighted by atomic mass is 9.92. The molecule has 0 radical (unpaired) electrons. The fourth-order valence-electron chi connectivity index (χ4n) is 3.26. The normalized spacial score (nSPS) is 20.6. The molecule has 0 spiro atoms. The van der Waals surface area contributed by atoms with Crippen molar-refractivity contribution in [1.29, 1.82) is 5.26 Å². The Hall–Kier alpha value is -2.46. The number of piperidine rings is 1. The summed E-state index contributed by atoms with van der Waals surface area (Å²) in [6.45, 7) is 7.51. The molecule has 1 saturated heterocycles. The number of benzene rings is 1. The lowest BCUT2D eigenvalue weighted by Crippen LogP contribution is -2.44. The Bertz CT molecular complexity index is 676. The van der Waals surface area contributed by atoms with E-state index in [0.717, 1.165) is 19.2 Å². The van der Waals surface area contributed by atoms with Crippen LogP contribution in [0.25, 0.3) is 0 Å². The van der Waals surface area contributed by atoms with Crippen LogP contribution in [0.4, 0.5) is 10.1 Å². The summed E-state index contributed by atoms with van der Waals surface area (Å²) < 4.78 is 13.2. The quantitative estimate of drug-likeness (QED) is 0.813. The fraction of sp³-hybridized carbons (Fsp3) is 0.500. The molecule has 134 valence electrons. The summed E-state index contributed by atoms with van der Waals surface area (Å²) in [4.78, 5) is 26.0. The lowest BCUT2D eigenvalue weighted by molar-refractivity contribution is -0.136. The Morgan fingerprint density at radius 3 is 2.60 bits per heavy atom. The van der Waals surface area contributed by atoms with Crippen molar-refractivity contribution in [2.75, 3.05) is 31.5 Å². The van der Waals surface area contributed by atoms with Crippen molar-refractivity contribution >= 4 is 17.5 Å². The molecule has 1 aliphatic heterocycles. The first-order valence-corrected chi connectivity index (χ1v) is 8.40. The molecule has 6 nitrogen and oxygen atoms in total. The third-order valence-corrected chi connectivity index (χ3v) is 4.21. The smallest absolute Gasteiger partial charge is 0.313 e. The van der Waals surface area contributed by atoms with Crippen LogP contribution in [0, 0.1) is 29.0 Å². The first-order chi connectivity index (χ1) is 11.9. The van der Waals surface area contributed by atoms with Gasteiger partial charge >= 0.3 is 11.8 Å². The molecule has 2 unspecified atom stereocenters. The first kappa shape index (κ1) is 18.9. The van der Waals surface area contributed by atoms with E-state index in [1.165, 1.54) is 18.6 Å². The van der Waals surface area contributed by atoms with Crippen LogP contribution in [0.5, 0.6) is 0 Å². The number of carbonyl (C=O) groups excluding carboxylic acids is 2. The molecule has 25 heavy (non-hydrogen) atoms. The molecule has 2 N–H and O–H groups in total. The molecule has 7 heteroatoms. The number of anilines is 1. The number of halogens is 1. The SMILES string of the molecule is CC1CC(C)CN(CCNC(=O)C(=O)Nc2ccc(F)c(C#N)c2)C1. The highest BCUT2D eigenvalue weighted by Crippen LogP contribution is 2.20. The number of nitriles is 1. The molecule has 2 rings (SSSR count). The van der Waals surface area contributed by atoms with Crippen LogP contribution in [0.1, 0.15) is 25.8 Å². The van der Waals surface area contributed by atoms with Gasteiger partial charge in [0.1, 0.15) is 11.9 Å². The second-order valence-corrected chi connectivity index (χ2v) is 6.72. The molecule has 1 aliphatic rings. The molecular weight excluding hydrogens is 323 g/mol. The van der Waals surface area contributed by atoms with Crippen molar-refractivity contribution in [2.45, 2.75) is 20.3 Å². The maximum atomic E-state index is 13.2. The highest BCUT2D eigenvalue weighted by atomic mass is 19.1. The Labute approximate surface area is 147 Å². The Morgan fingerprint density at radius 2 is 1.96 bits per heavy atom. The average Bonchev–Trinajstić information content (AvgIpc) is 2.55. The van der Waals surface area contributed by atoms with Crippen molar-refractivity contribution in [3.8, 4) is 6.07 Å². The van der Waals surface area contributed by atoms with E-state index in [9.17, 15) is 14.0 Å². The van der Waals surface area contributed by atoms with Crippen LogP contribution >= 0.6 is 0 Å². The highest BCUT2D eigenvalue weighted by molar-refractivity contribution is 6.39. The summed E-state index contributed by atoms with van der Waals surface area (Å²) in [5.74, 6) is -0.988. The Morgan fingerprint density at radius 1 is 1.28 bits per heavy atom. The third kappa shape index (κ3) is 5.54. The number of nitrogens with zero attached hydrogens (tertiary/aromatic N) is 2. The van der Waals surface area contributed by atoms with Crippen LogP contribution in [-0.4, -0.2) is 42.9 Å². The van der Waals surface area contributed by atoms with Gasteiger partial charge in [0.05, 0.1) is 5.56 Å². The van der Waals surface area contributed by atoms with Crippen LogP contribution < -0.4 is 10.6 Å². The minimum atomic E-state index is -0.837. The van der Waals surface area contributed by atoms with E-state index >= 15 is 0 Å². The third-order valence-electron chi connectivity index (χ3n) is 4.21. The van der Waals surface area contributed by atoms with E-state index in [0.29, 0.717) is 24.9 Å². The zero-order valence-electron chi connectivity index (χ0n) is 14.5. The maximum Gasteiger partial charge on any atom is 0.313 e. The predicted octanol–water partition coefficient (Wildman–Crippen LogP) is 1.73. The van der Waals surface area contributed by atoms with Gasteiger partial charge in [0, 0.05) is 31.9 Å². The molecule has 0 bridgehead atoms. The summed E-state index contributed by atoms with van der Waals surface area (Å²) >= 11 is 0. The van der Waals surface area contributed by atoms with Gasteiger partial charge in [-0.25, -0.2) is 4.39 Å². The first-order valence-electron chi connectivity index (χ1n) is 8.40. The van der Waals surface area contributed by atoms with E-state index in [1.807, 2.05) is 0 Å². The van der Waals surface area contributed by atoms with Crippen LogP contribution in [0.15, 0.2) is 18.2 Å². The van der Waals surface area contributed by atoms with Crippen molar-refractivity contribution in [3.05, 3.63) is 29.6 Å². The van der Waals surface area contributed by atoms with Crippen molar-refractivity contribution in [1.82, 2.24) is 10.2 Å². The van der Waals surface area contributed by atoms with E-state index < -0.39 is 17.6 Å². The number of likely N-dealkylation sites (tertiary alicyclic amines) is 1. The standard InChI is InChI=1S/C18H23FN4O2/c1-12-7-13(2)11-23(10-12)6-5-21-17(24)18(25)22-15-3-4-16(19)14(8-15)9-20/h3-4,8,12-13H,5-7,10-11H2,1-2H3,(H,21,24)(H,22,25). The van der Waals surface area contributed by atoms with Gasteiger partial charge in [0.15, 0.2) is 0 Å². The molecule has 1 heterocycles. The lowest BCUT2D eigenvalue weighted by Gasteiger charge is -2.34. The van der Waals surface area contributed by atoms with Crippen LogP contribution in [0.3, 0.4) is 0 Å². The summed E-state index contributed by atoms with van der Waals surface area (Å²) in [6, 6.07) is 5.25. The molecule has 2 amide bonds. The second-order valence-electron chi connectivity index (χ2n) is 6.72. The molecule has 1 fully saturated rings. The molecule has 1 aromatic carbocycles. The fourth-order valence-corrected chi connectivity index (χ4v) is 3.26. The monoisotopic (exact) mass is 346 g/mol. The van der Waals surface area contributed by atoms with Crippen molar-refractivity contribution in [3.63, 3.8) is 0 Å². The van der Waals surface area contributed by atoms with Crippen molar-refractivity contribution < 1.29 is 14.0 Å². The predicted molar refractivity (Wildman–Crippen MR) is 92.1 cm³/mol. The summed E-state index contributed by atoms with van der Waals surface area (Å²) in [6.07, 6.45) is 1.22. The van der Waals surface area contributed by atoms with Crippen molar-refractivity contribution in [2.24, 2.45) is 11.8 Å².